The summed E-state index contributed by atoms with van der Waals surface area (Å²) < 4.78 is 0. The first-order chi connectivity index (χ1) is 9.16. The van der Waals surface area contributed by atoms with Crippen LogP contribution in [0, 0.1) is 0 Å². The first kappa shape index (κ1) is 13.7. The molecule has 0 aromatic heterocycles. The maximum absolute atomic E-state index is 5.60. The van der Waals surface area contributed by atoms with Crippen LogP contribution in [0.15, 0.2) is 66.7 Å². The molecule has 0 amide bonds. The summed E-state index contributed by atoms with van der Waals surface area (Å²) >= 11 is 11.2. The number of anilines is 1. The summed E-state index contributed by atoms with van der Waals surface area (Å²) in [5.41, 5.74) is 5.92. The monoisotopic (exact) mass is 289 g/mol. The van der Waals surface area contributed by atoms with Crippen molar-refractivity contribution in [1.29, 1.82) is 0 Å². The quantitative estimate of drug-likeness (QED) is 0.550. The van der Waals surface area contributed by atoms with Crippen molar-refractivity contribution in [1.82, 2.24) is 0 Å². The van der Waals surface area contributed by atoms with Crippen LogP contribution in [0.5, 0.6) is 0 Å². The number of nitrogen functional groups attached to an aromatic ring is 1. The second-order valence-electron chi connectivity index (χ2n) is 4.01. The highest BCUT2D eigenvalue weighted by atomic mass is 35.5. The fourth-order valence-corrected chi connectivity index (χ4v) is 1.95. The van der Waals surface area contributed by atoms with Gasteiger partial charge in [0.2, 0.25) is 0 Å². The van der Waals surface area contributed by atoms with Crippen molar-refractivity contribution >= 4 is 39.7 Å². The van der Waals surface area contributed by atoms with E-state index in [0.29, 0.717) is 15.7 Å². The summed E-state index contributed by atoms with van der Waals surface area (Å²) in [7, 11) is 0. The van der Waals surface area contributed by atoms with E-state index in [2.05, 4.69) is 48.5 Å². The molecule has 3 heteroatoms. The molecule has 1 nitrogen and oxygen atoms in total. The molecule has 0 aliphatic carbocycles. The largest absolute Gasteiger partial charge is 0.397 e. The Hall–Kier alpha value is -1.70. The van der Waals surface area contributed by atoms with Crippen LogP contribution in [0.25, 0.3) is 10.8 Å². The molecular weight excluding hydrogens is 277 g/mol. The lowest BCUT2D eigenvalue weighted by atomic mass is 10.1. The van der Waals surface area contributed by atoms with Crippen LogP contribution in [-0.4, -0.2) is 0 Å². The van der Waals surface area contributed by atoms with Crippen LogP contribution in [0.1, 0.15) is 0 Å². The summed E-state index contributed by atoms with van der Waals surface area (Å²) in [6, 6.07) is 21.7. The molecule has 3 rings (SSSR count). The van der Waals surface area contributed by atoms with Gasteiger partial charge in [-0.05, 0) is 29.0 Å². The van der Waals surface area contributed by atoms with Gasteiger partial charge in [0.15, 0.2) is 0 Å². The van der Waals surface area contributed by atoms with E-state index in [1.807, 2.05) is 0 Å². The van der Waals surface area contributed by atoms with Gasteiger partial charge in [0.25, 0.3) is 0 Å². The van der Waals surface area contributed by atoms with E-state index in [4.69, 9.17) is 28.9 Å². The lowest BCUT2D eigenvalue weighted by molar-refractivity contribution is 1.68. The normalized spacial score (nSPS) is 9.79. The minimum atomic E-state index is 0.518. The predicted octanol–water partition coefficient (Wildman–Crippen LogP) is 5.42. The molecular formula is C16H13Cl2N. The Balaban J connectivity index is 0.000000141. The van der Waals surface area contributed by atoms with Gasteiger partial charge in [-0.15, -0.1) is 0 Å². The number of fused-ring (bicyclic) bond motifs is 1. The summed E-state index contributed by atoms with van der Waals surface area (Å²) in [5, 5.41) is 3.77. The first-order valence-electron chi connectivity index (χ1n) is 5.81. The lowest BCUT2D eigenvalue weighted by Crippen LogP contribution is -1.83. The van der Waals surface area contributed by atoms with Crippen molar-refractivity contribution in [3.05, 3.63) is 76.8 Å². The van der Waals surface area contributed by atoms with E-state index in [1.54, 1.807) is 18.2 Å². The van der Waals surface area contributed by atoms with Crippen LogP contribution in [0.2, 0.25) is 10.0 Å². The lowest BCUT2D eigenvalue weighted by Gasteiger charge is -1.95. The van der Waals surface area contributed by atoms with E-state index in [1.165, 1.54) is 10.8 Å². The van der Waals surface area contributed by atoms with Gasteiger partial charge >= 0.3 is 0 Å². The van der Waals surface area contributed by atoms with Crippen molar-refractivity contribution in [2.45, 2.75) is 0 Å². The maximum atomic E-state index is 5.60. The summed E-state index contributed by atoms with van der Waals surface area (Å²) in [5.74, 6) is 0. The van der Waals surface area contributed by atoms with Gasteiger partial charge in [0.1, 0.15) is 0 Å². The van der Waals surface area contributed by atoms with Gasteiger partial charge in [0, 0.05) is 5.02 Å². The SMILES string of the molecule is Nc1cc(Cl)ccc1Cl.c1ccc2ccccc2c1. The second kappa shape index (κ2) is 6.46. The van der Waals surface area contributed by atoms with Gasteiger partial charge < -0.3 is 5.73 Å². The Kier molecular flexibility index (Phi) is 4.67. The smallest absolute Gasteiger partial charge is 0.0636 e. The Morgan fingerprint density at radius 3 is 1.53 bits per heavy atom. The van der Waals surface area contributed by atoms with Crippen molar-refractivity contribution < 1.29 is 0 Å². The van der Waals surface area contributed by atoms with Crippen LogP contribution in [0.3, 0.4) is 0 Å². The Bertz CT molecular complexity index is 615. The molecule has 0 saturated carbocycles. The van der Waals surface area contributed by atoms with E-state index < -0.39 is 0 Å². The third kappa shape index (κ3) is 3.88. The standard InChI is InChI=1S/C10H8.C6H5Cl2N/c1-2-6-10-8-4-3-7-9(10)5-1;7-4-1-2-5(8)6(9)3-4/h1-8H;1-3H,9H2. The minimum absolute atomic E-state index is 0.518. The number of hydrogen-bond acceptors (Lipinski definition) is 1. The van der Waals surface area contributed by atoms with Gasteiger partial charge in [-0.25, -0.2) is 0 Å². The summed E-state index contributed by atoms with van der Waals surface area (Å²) in [4.78, 5) is 0. The molecule has 0 bridgehead atoms. The predicted molar refractivity (Wildman–Crippen MR) is 84.8 cm³/mol. The van der Waals surface area contributed by atoms with Crippen LogP contribution >= 0.6 is 23.2 Å². The molecule has 3 aromatic rings. The van der Waals surface area contributed by atoms with E-state index in [-0.39, 0.29) is 0 Å². The molecule has 0 radical (unpaired) electrons. The molecule has 0 saturated heterocycles. The van der Waals surface area contributed by atoms with Crippen LogP contribution in [-0.2, 0) is 0 Å². The molecule has 3 aromatic carbocycles. The Labute approximate surface area is 122 Å². The number of hydrogen-bond donors (Lipinski definition) is 1. The molecule has 0 heterocycles. The number of benzene rings is 3. The molecule has 0 aliphatic rings. The number of rotatable bonds is 0. The molecule has 0 aliphatic heterocycles. The van der Waals surface area contributed by atoms with Crippen molar-refractivity contribution in [3.63, 3.8) is 0 Å². The van der Waals surface area contributed by atoms with E-state index in [0.717, 1.165) is 0 Å². The molecule has 2 N–H and O–H groups in total. The van der Waals surface area contributed by atoms with Crippen LogP contribution in [0.4, 0.5) is 5.69 Å². The van der Waals surface area contributed by atoms with E-state index >= 15 is 0 Å². The fraction of sp³-hybridized carbons (Fsp3) is 0. The van der Waals surface area contributed by atoms with Crippen LogP contribution < -0.4 is 5.73 Å². The first-order valence-corrected chi connectivity index (χ1v) is 6.57. The van der Waals surface area contributed by atoms with Gasteiger partial charge in [-0.3, -0.25) is 0 Å². The third-order valence-corrected chi connectivity index (χ3v) is 3.20. The zero-order chi connectivity index (χ0) is 13.7. The highest BCUT2D eigenvalue weighted by Crippen LogP contribution is 2.21. The van der Waals surface area contributed by atoms with Gasteiger partial charge in [-0.1, -0.05) is 71.7 Å². The van der Waals surface area contributed by atoms with Gasteiger partial charge in [0.05, 0.1) is 10.7 Å². The third-order valence-electron chi connectivity index (χ3n) is 2.62. The zero-order valence-corrected chi connectivity index (χ0v) is 11.7. The fourth-order valence-electron chi connectivity index (χ4n) is 1.65. The number of nitrogens with two attached hydrogens (primary N) is 1. The van der Waals surface area contributed by atoms with Crippen molar-refractivity contribution in [2.24, 2.45) is 0 Å². The van der Waals surface area contributed by atoms with E-state index in [9.17, 15) is 0 Å². The summed E-state index contributed by atoms with van der Waals surface area (Å²) in [6.45, 7) is 0. The second-order valence-corrected chi connectivity index (χ2v) is 4.86. The zero-order valence-electron chi connectivity index (χ0n) is 10.2. The highest BCUT2D eigenvalue weighted by Gasteiger charge is 1.93. The average Bonchev–Trinajstić information content (AvgIpc) is 2.44. The Morgan fingerprint density at radius 1 is 0.684 bits per heavy atom. The minimum Gasteiger partial charge on any atom is -0.397 e. The number of halogens is 2. The molecule has 0 atom stereocenters. The topological polar surface area (TPSA) is 26.0 Å². The Morgan fingerprint density at radius 2 is 1.16 bits per heavy atom. The van der Waals surface area contributed by atoms with Crippen molar-refractivity contribution in [2.75, 3.05) is 5.73 Å². The molecule has 96 valence electrons. The average molecular weight is 290 g/mol. The molecule has 0 spiro atoms. The van der Waals surface area contributed by atoms with Gasteiger partial charge in [-0.2, -0.15) is 0 Å². The summed E-state index contributed by atoms with van der Waals surface area (Å²) in [6.07, 6.45) is 0. The van der Waals surface area contributed by atoms with Crippen molar-refractivity contribution in [3.8, 4) is 0 Å². The molecule has 0 fully saturated rings. The molecule has 0 unspecified atom stereocenters. The maximum Gasteiger partial charge on any atom is 0.0636 e. The highest BCUT2D eigenvalue weighted by molar-refractivity contribution is 6.35. The molecule has 19 heavy (non-hydrogen) atoms.